The summed E-state index contributed by atoms with van der Waals surface area (Å²) in [7, 11) is 1.85. The van der Waals surface area contributed by atoms with E-state index in [0.29, 0.717) is 12.1 Å². The molecule has 3 unspecified atom stereocenters. The summed E-state index contributed by atoms with van der Waals surface area (Å²) in [4.78, 5) is 0. The van der Waals surface area contributed by atoms with Crippen LogP contribution in [0.1, 0.15) is 71.6 Å². The summed E-state index contributed by atoms with van der Waals surface area (Å²) in [5.41, 5.74) is 0. The molecule has 2 heteroatoms. The smallest absolute Gasteiger partial charge is 0.0586 e. The molecule has 0 aromatic carbocycles. The van der Waals surface area contributed by atoms with Crippen LogP contribution in [-0.2, 0) is 4.74 Å². The minimum atomic E-state index is 0.495. The quantitative estimate of drug-likeness (QED) is 0.696. The molecular weight excluding hydrogens is 210 g/mol. The molecular formula is C15H31NO. The Labute approximate surface area is 108 Å². The van der Waals surface area contributed by atoms with Gasteiger partial charge in [0, 0.05) is 19.2 Å². The molecule has 17 heavy (non-hydrogen) atoms. The Morgan fingerprint density at radius 1 is 1.18 bits per heavy atom. The molecule has 2 nitrogen and oxygen atoms in total. The van der Waals surface area contributed by atoms with Crippen LogP contribution in [0, 0.1) is 0 Å². The van der Waals surface area contributed by atoms with Crippen LogP contribution in [0.4, 0.5) is 0 Å². The Balaban J connectivity index is 2.31. The summed E-state index contributed by atoms with van der Waals surface area (Å²) < 4.78 is 5.50. The highest BCUT2D eigenvalue weighted by atomic mass is 16.5. The maximum atomic E-state index is 5.50. The monoisotopic (exact) mass is 241 g/mol. The molecule has 3 atom stereocenters. The van der Waals surface area contributed by atoms with Crippen molar-refractivity contribution in [3.63, 3.8) is 0 Å². The molecule has 102 valence electrons. The number of methoxy groups -OCH3 is 1. The average Bonchev–Trinajstić information content (AvgIpc) is 2.36. The molecule has 1 N–H and O–H groups in total. The van der Waals surface area contributed by atoms with E-state index in [2.05, 4.69) is 19.2 Å². The molecule has 1 fully saturated rings. The molecule has 0 aromatic heterocycles. The Morgan fingerprint density at radius 2 is 2.00 bits per heavy atom. The molecule has 0 aliphatic heterocycles. The standard InChI is InChI=1S/C15H31NO/c1-4-6-9-13(8-5-2)16-14-10-7-11-15(12-14)17-3/h13-16H,4-12H2,1-3H3. The van der Waals surface area contributed by atoms with E-state index in [1.54, 1.807) is 0 Å². The fourth-order valence-electron chi connectivity index (χ4n) is 2.95. The fraction of sp³-hybridized carbons (Fsp3) is 1.00. The van der Waals surface area contributed by atoms with Crippen LogP contribution in [0.3, 0.4) is 0 Å². The molecule has 1 aliphatic rings. The minimum Gasteiger partial charge on any atom is -0.381 e. The fourth-order valence-corrected chi connectivity index (χ4v) is 2.95. The van der Waals surface area contributed by atoms with Crippen molar-refractivity contribution in [3.05, 3.63) is 0 Å². The molecule has 1 rings (SSSR count). The Morgan fingerprint density at radius 3 is 2.65 bits per heavy atom. The van der Waals surface area contributed by atoms with Gasteiger partial charge in [-0.1, -0.05) is 33.1 Å². The van der Waals surface area contributed by atoms with Crippen LogP contribution < -0.4 is 5.32 Å². The second kappa shape index (κ2) is 8.93. The normalized spacial score (nSPS) is 27.0. The van der Waals surface area contributed by atoms with Crippen LogP contribution in [0.15, 0.2) is 0 Å². The van der Waals surface area contributed by atoms with Crippen LogP contribution in [-0.4, -0.2) is 25.3 Å². The van der Waals surface area contributed by atoms with Gasteiger partial charge in [-0.25, -0.2) is 0 Å². The first-order valence-electron chi connectivity index (χ1n) is 7.59. The van der Waals surface area contributed by atoms with E-state index < -0.39 is 0 Å². The van der Waals surface area contributed by atoms with Gasteiger partial charge in [0.25, 0.3) is 0 Å². The van der Waals surface area contributed by atoms with Gasteiger partial charge in [0.05, 0.1) is 6.10 Å². The molecule has 0 bridgehead atoms. The molecule has 0 aromatic rings. The van der Waals surface area contributed by atoms with Crippen LogP contribution >= 0.6 is 0 Å². The Kier molecular flexibility index (Phi) is 7.87. The summed E-state index contributed by atoms with van der Waals surface area (Å²) in [6.45, 7) is 4.57. The van der Waals surface area contributed by atoms with Gasteiger partial charge in [0.1, 0.15) is 0 Å². The van der Waals surface area contributed by atoms with Crippen LogP contribution in [0.25, 0.3) is 0 Å². The Bertz CT molecular complexity index is 182. The Hall–Kier alpha value is -0.0800. The predicted octanol–water partition coefficient (Wildman–Crippen LogP) is 3.89. The number of hydrogen-bond acceptors (Lipinski definition) is 2. The number of rotatable bonds is 8. The SMILES string of the molecule is CCCCC(CCC)NC1CCCC(OC)C1. The zero-order valence-corrected chi connectivity index (χ0v) is 12.0. The van der Waals surface area contributed by atoms with E-state index >= 15 is 0 Å². The van der Waals surface area contributed by atoms with Crippen molar-refractivity contribution in [2.24, 2.45) is 0 Å². The molecule has 1 aliphatic carbocycles. The van der Waals surface area contributed by atoms with Crippen molar-refractivity contribution < 1.29 is 4.74 Å². The maximum absolute atomic E-state index is 5.50. The summed E-state index contributed by atoms with van der Waals surface area (Å²) in [5, 5.41) is 3.88. The van der Waals surface area contributed by atoms with Gasteiger partial charge in [-0.2, -0.15) is 0 Å². The van der Waals surface area contributed by atoms with Crippen molar-refractivity contribution in [2.75, 3.05) is 7.11 Å². The molecule has 0 spiro atoms. The number of nitrogens with one attached hydrogen (secondary N) is 1. The average molecular weight is 241 g/mol. The zero-order valence-electron chi connectivity index (χ0n) is 12.0. The summed E-state index contributed by atoms with van der Waals surface area (Å²) in [6, 6.07) is 1.43. The molecule has 0 radical (unpaired) electrons. The summed E-state index contributed by atoms with van der Waals surface area (Å²) >= 11 is 0. The zero-order chi connectivity index (χ0) is 12.5. The first kappa shape index (κ1) is 15.0. The van der Waals surface area contributed by atoms with E-state index in [1.807, 2.05) is 7.11 Å². The van der Waals surface area contributed by atoms with Crippen molar-refractivity contribution in [3.8, 4) is 0 Å². The van der Waals surface area contributed by atoms with E-state index in [4.69, 9.17) is 4.74 Å². The molecule has 0 saturated heterocycles. The van der Waals surface area contributed by atoms with E-state index in [-0.39, 0.29) is 0 Å². The van der Waals surface area contributed by atoms with Gasteiger partial charge in [-0.05, 0) is 38.5 Å². The minimum absolute atomic E-state index is 0.495. The van der Waals surface area contributed by atoms with Gasteiger partial charge in [-0.15, -0.1) is 0 Å². The van der Waals surface area contributed by atoms with Crippen LogP contribution in [0.2, 0.25) is 0 Å². The predicted molar refractivity (Wildman–Crippen MR) is 74.4 cm³/mol. The second-order valence-electron chi connectivity index (χ2n) is 5.52. The lowest BCUT2D eigenvalue weighted by Crippen LogP contribution is -2.42. The lowest BCUT2D eigenvalue weighted by molar-refractivity contribution is 0.0564. The van der Waals surface area contributed by atoms with Gasteiger partial charge >= 0.3 is 0 Å². The first-order valence-corrected chi connectivity index (χ1v) is 7.59. The first-order chi connectivity index (χ1) is 8.30. The largest absolute Gasteiger partial charge is 0.381 e. The van der Waals surface area contributed by atoms with Gasteiger partial charge < -0.3 is 10.1 Å². The third-order valence-electron chi connectivity index (χ3n) is 3.97. The third-order valence-corrected chi connectivity index (χ3v) is 3.97. The van der Waals surface area contributed by atoms with E-state index in [0.717, 1.165) is 6.04 Å². The third kappa shape index (κ3) is 5.87. The summed E-state index contributed by atoms with van der Waals surface area (Å²) in [5.74, 6) is 0. The van der Waals surface area contributed by atoms with Crippen molar-refractivity contribution >= 4 is 0 Å². The van der Waals surface area contributed by atoms with Gasteiger partial charge in [0.15, 0.2) is 0 Å². The van der Waals surface area contributed by atoms with Gasteiger partial charge in [-0.3, -0.25) is 0 Å². The highest BCUT2D eigenvalue weighted by Gasteiger charge is 2.23. The number of unbranched alkanes of at least 4 members (excludes halogenated alkanes) is 1. The lowest BCUT2D eigenvalue weighted by Gasteiger charge is -2.32. The molecule has 0 heterocycles. The summed E-state index contributed by atoms with van der Waals surface area (Å²) in [6.07, 6.45) is 12.3. The maximum Gasteiger partial charge on any atom is 0.0586 e. The topological polar surface area (TPSA) is 21.3 Å². The number of hydrogen-bond donors (Lipinski definition) is 1. The van der Waals surface area contributed by atoms with Crippen molar-refractivity contribution in [1.29, 1.82) is 0 Å². The second-order valence-corrected chi connectivity index (χ2v) is 5.52. The lowest BCUT2D eigenvalue weighted by atomic mass is 9.91. The molecule has 1 saturated carbocycles. The number of ether oxygens (including phenoxy) is 1. The van der Waals surface area contributed by atoms with E-state index in [9.17, 15) is 0 Å². The highest BCUT2D eigenvalue weighted by molar-refractivity contribution is 4.81. The van der Waals surface area contributed by atoms with Gasteiger partial charge in [0.2, 0.25) is 0 Å². The van der Waals surface area contributed by atoms with Crippen molar-refractivity contribution in [2.45, 2.75) is 89.8 Å². The molecule has 0 amide bonds. The van der Waals surface area contributed by atoms with Crippen LogP contribution in [0.5, 0.6) is 0 Å². The van der Waals surface area contributed by atoms with E-state index in [1.165, 1.54) is 57.8 Å². The highest BCUT2D eigenvalue weighted by Crippen LogP contribution is 2.22. The van der Waals surface area contributed by atoms with Crippen molar-refractivity contribution in [1.82, 2.24) is 5.32 Å².